The molecule has 0 fully saturated rings. The van der Waals surface area contributed by atoms with Gasteiger partial charge in [-0.3, -0.25) is 4.98 Å². The third-order valence-electron chi connectivity index (χ3n) is 1.74. The van der Waals surface area contributed by atoms with E-state index in [1.54, 1.807) is 18.3 Å². The second kappa shape index (κ2) is 3.24. The minimum Gasteiger partial charge on any atom is -0.255 e. The highest BCUT2D eigenvalue weighted by Gasteiger charge is 2.08. The average Bonchev–Trinajstić information content (AvgIpc) is 2.12. The van der Waals surface area contributed by atoms with Crippen molar-refractivity contribution in [3.63, 3.8) is 0 Å². The van der Waals surface area contributed by atoms with Gasteiger partial charge in [0.1, 0.15) is 5.82 Å². The Hall–Kier alpha value is -0.670. The van der Waals surface area contributed by atoms with Crippen molar-refractivity contribution in [1.29, 1.82) is 0 Å². The van der Waals surface area contributed by atoms with Crippen molar-refractivity contribution >= 4 is 38.4 Å². The Morgan fingerprint density at radius 3 is 2.92 bits per heavy atom. The lowest BCUT2D eigenvalue weighted by molar-refractivity contribution is 0.639. The summed E-state index contributed by atoms with van der Waals surface area (Å²) in [6.45, 7) is 0. The molecule has 1 aromatic heterocycles. The summed E-state index contributed by atoms with van der Waals surface area (Å²) >= 11 is 9.09. The second-order valence-corrected chi connectivity index (χ2v) is 3.79. The van der Waals surface area contributed by atoms with Crippen molar-refractivity contribution in [3.8, 4) is 0 Å². The predicted octanol–water partition coefficient (Wildman–Crippen LogP) is 3.79. The van der Waals surface area contributed by atoms with E-state index in [2.05, 4.69) is 20.9 Å². The fourth-order valence-corrected chi connectivity index (χ4v) is 1.68. The predicted molar refractivity (Wildman–Crippen MR) is 54.4 cm³/mol. The van der Waals surface area contributed by atoms with Gasteiger partial charge in [0.05, 0.1) is 20.4 Å². The molecule has 0 N–H and O–H groups in total. The lowest BCUT2D eigenvalue weighted by Gasteiger charge is -2.02. The molecule has 0 bridgehead atoms. The largest absolute Gasteiger partial charge is 0.255 e. The van der Waals surface area contributed by atoms with E-state index >= 15 is 0 Å². The van der Waals surface area contributed by atoms with Gasteiger partial charge < -0.3 is 0 Å². The van der Waals surface area contributed by atoms with Crippen LogP contribution in [0.15, 0.2) is 28.9 Å². The molecule has 0 aliphatic rings. The third-order valence-corrected chi connectivity index (χ3v) is 2.96. The molecule has 0 atom stereocenters. The van der Waals surface area contributed by atoms with E-state index < -0.39 is 0 Å². The van der Waals surface area contributed by atoms with Gasteiger partial charge in [0.2, 0.25) is 0 Å². The molecule has 1 aromatic carbocycles. The van der Waals surface area contributed by atoms with Crippen LogP contribution >= 0.6 is 27.5 Å². The molecule has 0 saturated heterocycles. The minimum absolute atomic E-state index is 0.351. The lowest BCUT2D eigenvalue weighted by atomic mass is 10.2. The molecule has 0 amide bonds. The molecule has 2 aromatic rings. The summed E-state index contributed by atoms with van der Waals surface area (Å²) in [5.41, 5.74) is 0.563. The van der Waals surface area contributed by atoms with Crippen molar-refractivity contribution in [3.05, 3.63) is 39.7 Å². The minimum atomic E-state index is -0.351. The van der Waals surface area contributed by atoms with Crippen LogP contribution in [0, 0.1) is 5.82 Å². The molecule has 0 aliphatic carbocycles. The van der Waals surface area contributed by atoms with Crippen LogP contribution in [0.25, 0.3) is 10.9 Å². The van der Waals surface area contributed by atoms with E-state index in [0.29, 0.717) is 20.4 Å². The van der Waals surface area contributed by atoms with Gasteiger partial charge in [0.15, 0.2) is 0 Å². The highest BCUT2D eigenvalue weighted by Crippen LogP contribution is 2.30. The zero-order valence-electron chi connectivity index (χ0n) is 6.39. The van der Waals surface area contributed by atoms with Crippen molar-refractivity contribution in [2.45, 2.75) is 0 Å². The molecule has 1 nitrogen and oxygen atoms in total. The first-order valence-corrected chi connectivity index (χ1v) is 4.75. The molecule has 4 heteroatoms. The number of fused-ring (bicyclic) bond motifs is 1. The first-order chi connectivity index (χ1) is 6.20. The standard InChI is InChI=1S/C9H4BrClFN/c10-5-4-13-7-3-1-2-6(12)8(7)9(5)11/h1-4H. The van der Waals surface area contributed by atoms with Gasteiger partial charge in [-0.1, -0.05) is 17.7 Å². The first-order valence-electron chi connectivity index (χ1n) is 3.58. The van der Waals surface area contributed by atoms with E-state index in [1.165, 1.54) is 6.07 Å². The summed E-state index contributed by atoms with van der Waals surface area (Å²) in [6, 6.07) is 4.69. The van der Waals surface area contributed by atoms with Crippen LogP contribution in [0.1, 0.15) is 0 Å². The third kappa shape index (κ3) is 1.42. The Kier molecular flexibility index (Phi) is 2.22. The van der Waals surface area contributed by atoms with E-state index in [9.17, 15) is 4.39 Å². The molecule has 1 heterocycles. The SMILES string of the molecule is Fc1cccc2ncc(Br)c(Cl)c12. The Balaban J connectivity index is 2.97. The number of benzene rings is 1. The molecule has 0 unspecified atom stereocenters. The summed E-state index contributed by atoms with van der Waals surface area (Å²) in [5, 5.41) is 0.724. The normalized spacial score (nSPS) is 10.7. The Morgan fingerprint density at radius 1 is 1.38 bits per heavy atom. The zero-order chi connectivity index (χ0) is 9.42. The maximum Gasteiger partial charge on any atom is 0.134 e. The topological polar surface area (TPSA) is 12.9 Å². The summed E-state index contributed by atoms with van der Waals surface area (Å²) < 4.78 is 13.9. The molecular weight excluding hydrogens is 256 g/mol. The monoisotopic (exact) mass is 259 g/mol. The van der Waals surface area contributed by atoms with E-state index in [-0.39, 0.29) is 5.82 Å². The Bertz CT molecular complexity index is 472. The van der Waals surface area contributed by atoms with E-state index in [4.69, 9.17) is 11.6 Å². The number of aromatic nitrogens is 1. The van der Waals surface area contributed by atoms with E-state index in [0.717, 1.165) is 0 Å². The zero-order valence-corrected chi connectivity index (χ0v) is 8.73. The van der Waals surface area contributed by atoms with Crippen LogP contribution < -0.4 is 0 Å². The van der Waals surface area contributed by atoms with Crippen LogP contribution in [0.4, 0.5) is 4.39 Å². The molecular formula is C9H4BrClFN. The maximum absolute atomic E-state index is 13.3. The van der Waals surface area contributed by atoms with Crippen LogP contribution in [-0.4, -0.2) is 4.98 Å². The summed E-state index contributed by atoms with van der Waals surface area (Å²) in [6.07, 6.45) is 1.56. The summed E-state index contributed by atoms with van der Waals surface area (Å²) in [7, 11) is 0. The fourth-order valence-electron chi connectivity index (χ4n) is 1.14. The molecule has 0 radical (unpaired) electrons. The Labute approximate surface area is 87.7 Å². The molecule has 2 rings (SSSR count). The van der Waals surface area contributed by atoms with Gasteiger partial charge in [-0.15, -0.1) is 0 Å². The van der Waals surface area contributed by atoms with Gasteiger partial charge in [0.25, 0.3) is 0 Å². The fraction of sp³-hybridized carbons (Fsp3) is 0. The van der Waals surface area contributed by atoms with Gasteiger partial charge in [-0.2, -0.15) is 0 Å². The van der Waals surface area contributed by atoms with E-state index in [1.807, 2.05) is 0 Å². The number of hydrogen-bond donors (Lipinski definition) is 0. The van der Waals surface area contributed by atoms with Crippen LogP contribution in [0.3, 0.4) is 0 Å². The number of hydrogen-bond acceptors (Lipinski definition) is 1. The quantitative estimate of drug-likeness (QED) is 0.702. The molecule has 0 saturated carbocycles. The van der Waals surface area contributed by atoms with Crippen molar-refractivity contribution in [1.82, 2.24) is 4.98 Å². The van der Waals surface area contributed by atoms with Crippen molar-refractivity contribution in [2.24, 2.45) is 0 Å². The lowest BCUT2D eigenvalue weighted by Crippen LogP contribution is -1.84. The van der Waals surface area contributed by atoms with Crippen LogP contribution in [-0.2, 0) is 0 Å². The molecule has 13 heavy (non-hydrogen) atoms. The maximum atomic E-state index is 13.3. The summed E-state index contributed by atoms with van der Waals surface area (Å²) in [5.74, 6) is -0.351. The van der Waals surface area contributed by atoms with Crippen molar-refractivity contribution in [2.75, 3.05) is 0 Å². The van der Waals surface area contributed by atoms with Gasteiger partial charge >= 0.3 is 0 Å². The molecule has 0 aliphatic heterocycles. The van der Waals surface area contributed by atoms with Gasteiger partial charge in [0, 0.05) is 6.20 Å². The first kappa shape index (κ1) is 8.91. The molecule has 0 spiro atoms. The van der Waals surface area contributed by atoms with Crippen molar-refractivity contribution < 1.29 is 4.39 Å². The highest BCUT2D eigenvalue weighted by atomic mass is 79.9. The number of pyridine rings is 1. The second-order valence-electron chi connectivity index (χ2n) is 2.55. The van der Waals surface area contributed by atoms with Crippen LogP contribution in [0.5, 0.6) is 0 Å². The molecule has 66 valence electrons. The highest BCUT2D eigenvalue weighted by molar-refractivity contribution is 9.10. The summed E-state index contributed by atoms with van der Waals surface area (Å²) in [4.78, 5) is 4.03. The number of rotatable bonds is 0. The smallest absolute Gasteiger partial charge is 0.134 e. The Morgan fingerprint density at radius 2 is 2.15 bits per heavy atom. The van der Waals surface area contributed by atoms with Gasteiger partial charge in [-0.25, -0.2) is 4.39 Å². The number of nitrogens with zero attached hydrogens (tertiary/aromatic N) is 1. The van der Waals surface area contributed by atoms with Crippen LogP contribution in [0.2, 0.25) is 5.02 Å². The average molecular weight is 260 g/mol. The van der Waals surface area contributed by atoms with Gasteiger partial charge in [-0.05, 0) is 28.1 Å². The number of halogens is 3.